The van der Waals surface area contributed by atoms with Crippen molar-refractivity contribution < 1.29 is 9.18 Å². The number of hydrogen-bond acceptors (Lipinski definition) is 7. The molecule has 2 aliphatic rings. The number of alkyl halides is 1. The van der Waals surface area contributed by atoms with Crippen LogP contribution in [0.2, 0.25) is 10.0 Å². The number of aromatic nitrogens is 5. The van der Waals surface area contributed by atoms with Crippen molar-refractivity contribution in [3.8, 4) is 11.1 Å². The van der Waals surface area contributed by atoms with Crippen LogP contribution in [0.4, 0.5) is 15.2 Å². The van der Waals surface area contributed by atoms with Crippen LogP contribution in [-0.2, 0) is 17.8 Å². The molecule has 1 fully saturated rings. The Hall–Kier alpha value is -3.51. The van der Waals surface area contributed by atoms with Gasteiger partial charge in [-0.05, 0) is 23.8 Å². The second-order valence-electron chi connectivity index (χ2n) is 10.1. The van der Waals surface area contributed by atoms with Gasteiger partial charge in [0.1, 0.15) is 11.7 Å². The number of imidazole rings is 1. The molecule has 210 valence electrons. The number of amides is 1. The number of benzene rings is 2. The molecule has 0 unspecified atom stereocenters. The number of rotatable bonds is 6. The predicted octanol–water partition coefficient (Wildman–Crippen LogP) is 5.20. The van der Waals surface area contributed by atoms with E-state index in [0.29, 0.717) is 37.5 Å². The quantitative estimate of drug-likeness (QED) is 0.275. The standard InChI is InChI=1S/C28H25Cl2FN8OS/c29-21-12-19(16-1-3-18(4-2-16)37-8-5-32-6-9-37)23(30)24-20(21)14-39(36-24)26(27(40)35-28-33-7-10-41-28)25-22-11-17(31)13-38(22)15-34-25/h1-4,7,10,12,14-15,17,26,32H,5-6,8-9,11,13H2,(H,33,35,40)/t17-,26-/m1/s1. The van der Waals surface area contributed by atoms with Crippen LogP contribution in [0.5, 0.6) is 0 Å². The maximum absolute atomic E-state index is 14.3. The smallest absolute Gasteiger partial charge is 0.257 e. The fourth-order valence-electron chi connectivity index (χ4n) is 5.59. The highest BCUT2D eigenvalue weighted by Gasteiger charge is 2.34. The summed E-state index contributed by atoms with van der Waals surface area (Å²) in [7, 11) is 0. The minimum absolute atomic E-state index is 0.173. The van der Waals surface area contributed by atoms with Crippen molar-refractivity contribution in [1.82, 2.24) is 29.6 Å². The van der Waals surface area contributed by atoms with Gasteiger partial charge >= 0.3 is 0 Å². The maximum Gasteiger partial charge on any atom is 0.257 e. The van der Waals surface area contributed by atoms with Crippen molar-refractivity contribution in [1.29, 1.82) is 0 Å². The average Bonchev–Trinajstić information content (AvgIpc) is 3.78. The molecule has 41 heavy (non-hydrogen) atoms. The van der Waals surface area contributed by atoms with Crippen molar-refractivity contribution in [2.75, 3.05) is 36.4 Å². The fourth-order valence-corrected chi connectivity index (χ4v) is 6.67. The number of fused-ring (bicyclic) bond motifs is 2. The van der Waals surface area contributed by atoms with E-state index >= 15 is 0 Å². The van der Waals surface area contributed by atoms with Crippen LogP contribution < -0.4 is 15.5 Å². The van der Waals surface area contributed by atoms with Crippen LogP contribution in [-0.4, -0.2) is 62.6 Å². The minimum Gasteiger partial charge on any atom is -0.369 e. The third-order valence-corrected chi connectivity index (χ3v) is 8.97. The molecule has 5 heterocycles. The zero-order valence-electron chi connectivity index (χ0n) is 21.7. The third kappa shape index (κ3) is 4.86. The van der Waals surface area contributed by atoms with Gasteiger partial charge in [0.2, 0.25) is 0 Å². The Bertz CT molecular complexity index is 1730. The third-order valence-electron chi connectivity index (χ3n) is 7.59. The molecule has 7 rings (SSSR count). The van der Waals surface area contributed by atoms with Gasteiger partial charge in [-0.15, -0.1) is 11.3 Å². The number of thiazole rings is 1. The number of anilines is 2. The van der Waals surface area contributed by atoms with Crippen LogP contribution in [0.1, 0.15) is 17.4 Å². The van der Waals surface area contributed by atoms with Crippen LogP contribution in [0.25, 0.3) is 22.0 Å². The van der Waals surface area contributed by atoms with Crippen LogP contribution in [0.3, 0.4) is 0 Å². The Kier molecular flexibility index (Phi) is 6.90. The van der Waals surface area contributed by atoms with E-state index in [4.69, 9.17) is 28.3 Å². The van der Waals surface area contributed by atoms with Crippen LogP contribution in [0.15, 0.2) is 54.4 Å². The van der Waals surface area contributed by atoms with E-state index in [1.165, 1.54) is 16.0 Å². The van der Waals surface area contributed by atoms with E-state index in [9.17, 15) is 9.18 Å². The maximum atomic E-state index is 14.3. The van der Waals surface area contributed by atoms with Gasteiger partial charge in [0.05, 0.1) is 28.6 Å². The van der Waals surface area contributed by atoms with E-state index < -0.39 is 18.1 Å². The lowest BCUT2D eigenvalue weighted by atomic mass is 10.0. The molecule has 9 nitrogen and oxygen atoms in total. The number of hydrogen-bond donors (Lipinski definition) is 2. The van der Waals surface area contributed by atoms with Crippen molar-refractivity contribution in [3.05, 3.63) is 75.9 Å². The monoisotopic (exact) mass is 610 g/mol. The van der Waals surface area contributed by atoms with Gasteiger partial charge in [-0.1, -0.05) is 35.3 Å². The molecule has 2 aliphatic heterocycles. The summed E-state index contributed by atoms with van der Waals surface area (Å²) in [5.74, 6) is -0.396. The van der Waals surface area contributed by atoms with Gasteiger partial charge in [0.25, 0.3) is 5.91 Å². The molecule has 2 atom stereocenters. The zero-order chi connectivity index (χ0) is 28.1. The first-order valence-electron chi connectivity index (χ1n) is 13.3. The van der Waals surface area contributed by atoms with Crippen molar-refractivity contribution >= 4 is 62.2 Å². The number of nitrogens with zero attached hydrogens (tertiary/aromatic N) is 6. The van der Waals surface area contributed by atoms with Gasteiger partial charge < -0.3 is 14.8 Å². The van der Waals surface area contributed by atoms with E-state index in [1.807, 2.05) is 18.2 Å². The largest absolute Gasteiger partial charge is 0.369 e. The first-order chi connectivity index (χ1) is 20.0. The van der Waals surface area contributed by atoms with E-state index in [0.717, 1.165) is 43.0 Å². The van der Waals surface area contributed by atoms with E-state index in [-0.39, 0.29) is 13.0 Å². The number of nitrogens with one attached hydrogen (secondary N) is 2. The lowest BCUT2D eigenvalue weighted by molar-refractivity contribution is -0.118. The number of halogens is 3. The number of piperazine rings is 1. The summed E-state index contributed by atoms with van der Waals surface area (Å²) >= 11 is 15.0. The molecule has 0 spiro atoms. The molecule has 3 aromatic heterocycles. The highest BCUT2D eigenvalue weighted by molar-refractivity contribution is 7.13. The molecule has 1 amide bonds. The van der Waals surface area contributed by atoms with E-state index in [1.54, 1.807) is 28.7 Å². The molecule has 13 heteroatoms. The molecule has 5 aromatic rings. The average molecular weight is 612 g/mol. The van der Waals surface area contributed by atoms with Gasteiger partial charge in [-0.25, -0.2) is 14.4 Å². The Morgan fingerprint density at radius 3 is 2.73 bits per heavy atom. The summed E-state index contributed by atoms with van der Waals surface area (Å²) in [6.45, 7) is 4.04. The molecular formula is C28H25Cl2FN8OS. The van der Waals surface area contributed by atoms with E-state index in [2.05, 4.69) is 37.6 Å². The summed E-state index contributed by atoms with van der Waals surface area (Å²) in [5, 5.41) is 14.7. The lowest BCUT2D eigenvalue weighted by Gasteiger charge is -2.29. The summed E-state index contributed by atoms with van der Waals surface area (Å²) in [4.78, 5) is 24.7. The molecular weight excluding hydrogens is 586 g/mol. The Balaban J connectivity index is 1.28. The molecule has 0 aliphatic carbocycles. The molecule has 0 saturated carbocycles. The molecule has 2 N–H and O–H groups in total. The summed E-state index contributed by atoms with van der Waals surface area (Å²) in [6, 6.07) is 9.08. The van der Waals surface area contributed by atoms with Crippen molar-refractivity contribution in [3.63, 3.8) is 0 Å². The topological polar surface area (TPSA) is 92.9 Å². The molecule has 2 aromatic carbocycles. The zero-order valence-corrected chi connectivity index (χ0v) is 24.1. The second-order valence-corrected chi connectivity index (χ2v) is 11.8. The molecule has 0 bridgehead atoms. The normalized spacial score (nSPS) is 17.6. The van der Waals surface area contributed by atoms with Crippen LogP contribution in [0, 0.1) is 0 Å². The van der Waals surface area contributed by atoms with Gasteiger partial charge in [-0.3, -0.25) is 14.8 Å². The van der Waals surface area contributed by atoms with Crippen LogP contribution >= 0.6 is 34.5 Å². The highest BCUT2D eigenvalue weighted by atomic mass is 35.5. The summed E-state index contributed by atoms with van der Waals surface area (Å²) < 4.78 is 17.5. The summed E-state index contributed by atoms with van der Waals surface area (Å²) in [6.07, 6.45) is 4.01. The molecule has 1 saturated heterocycles. The van der Waals surface area contributed by atoms with Crippen molar-refractivity contribution in [2.45, 2.75) is 25.2 Å². The highest BCUT2D eigenvalue weighted by Crippen LogP contribution is 2.40. The SMILES string of the molecule is O=C(Nc1nccs1)[C@@H](c1ncn2c1C[C@@H](F)C2)n1cc2c(Cl)cc(-c3ccc(N4CCNCC4)cc3)c(Cl)c2n1. The second kappa shape index (κ2) is 10.7. The van der Waals surface area contributed by atoms with Crippen molar-refractivity contribution in [2.24, 2.45) is 0 Å². The Morgan fingerprint density at radius 2 is 1.98 bits per heavy atom. The fraction of sp³-hybridized carbons (Fsp3) is 0.286. The molecule has 0 radical (unpaired) electrons. The minimum atomic E-state index is -1.03. The Morgan fingerprint density at radius 1 is 1.17 bits per heavy atom. The first-order valence-corrected chi connectivity index (χ1v) is 14.9. The van der Waals surface area contributed by atoms with Gasteiger partial charge in [0.15, 0.2) is 11.2 Å². The number of carbonyl (C=O) groups is 1. The summed E-state index contributed by atoms with van der Waals surface area (Å²) in [5.41, 5.74) is 4.37. The Labute approximate surface area is 248 Å². The predicted molar refractivity (Wildman–Crippen MR) is 160 cm³/mol. The van der Waals surface area contributed by atoms with Gasteiger partial charge in [-0.2, -0.15) is 5.10 Å². The van der Waals surface area contributed by atoms with Gasteiger partial charge in [0, 0.05) is 72.7 Å². The lowest BCUT2D eigenvalue weighted by Crippen LogP contribution is -2.43. The first kappa shape index (κ1) is 26.4. The number of carbonyl (C=O) groups excluding carboxylic acids is 1.